The van der Waals surface area contributed by atoms with Gasteiger partial charge in [0.1, 0.15) is 28.4 Å². The van der Waals surface area contributed by atoms with E-state index in [-0.39, 0.29) is 0 Å². The van der Waals surface area contributed by atoms with Gasteiger partial charge in [0.15, 0.2) is 0 Å². The molecular formula is C88H48N8O2. The summed E-state index contributed by atoms with van der Waals surface area (Å²) in [4.78, 5) is 0. The SMILES string of the molecule is N#Cc1ccc(-c2cccc3c2oc2c3ccc3c2c2ccccc2n3-c2ccccc2)c(-n2c3ccccc3c3cc(C#N)ccc32)c1.N#Cc1ccc2c(c1)c1ccccc1n2-c1c(C#N)cccc1-c1cccc2c1oc1c2ccc2c1c1ccccc1n2-c1ccccc1. The first-order valence-corrected chi connectivity index (χ1v) is 32.3. The van der Waals surface area contributed by atoms with E-state index in [2.05, 4.69) is 231 Å². The van der Waals surface area contributed by atoms with E-state index in [9.17, 15) is 21.0 Å². The molecule has 0 spiro atoms. The Morgan fingerprint density at radius 3 is 1.12 bits per heavy atom. The van der Waals surface area contributed by atoms with Crippen molar-refractivity contribution in [3.63, 3.8) is 0 Å². The number of rotatable bonds is 6. The van der Waals surface area contributed by atoms with Gasteiger partial charge in [-0.3, -0.25) is 0 Å². The van der Waals surface area contributed by atoms with E-state index in [1.54, 1.807) is 0 Å². The minimum absolute atomic E-state index is 0.547. The van der Waals surface area contributed by atoms with Crippen LogP contribution in [0.4, 0.5) is 0 Å². The van der Waals surface area contributed by atoms with Gasteiger partial charge in [0.05, 0.1) is 107 Å². The summed E-state index contributed by atoms with van der Waals surface area (Å²) in [6.45, 7) is 0. The van der Waals surface area contributed by atoms with Crippen molar-refractivity contribution in [3.05, 3.63) is 313 Å². The molecule has 0 radical (unpaired) electrons. The fourth-order valence-corrected chi connectivity index (χ4v) is 15.4. The predicted molar refractivity (Wildman–Crippen MR) is 395 cm³/mol. The summed E-state index contributed by atoms with van der Waals surface area (Å²) in [7, 11) is 0. The zero-order valence-corrected chi connectivity index (χ0v) is 52.1. The smallest absolute Gasteiger partial charge is 0.145 e. The second kappa shape index (κ2) is 21.7. The van der Waals surface area contributed by atoms with Gasteiger partial charge < -0.3 is 27.1 Å². The third kappa shape index (κ3) is 8.11. The molecule has 98 heavy (non-hydrogen) atoms. The van der Waals surface area contributed by atoms with E-state index in [4.69, 9.17) is 8.83 Å². The number of furan rings is 2. The molecule has 20 rings (SSSR count). The number of nitrogens with zero attached hydrogens (tertiary/aromatic N) is 8. The van der Waals surface area contributed by atoms with Gasteiger partial charge in [-0.05, 0) is 127 Å². The van der Waals surface area contributed by atoms with Crippen molar-refractivity contribution in [3.8, 4) is 69.3 Å². The molecule has 0 bridgehead atoms. The molecule has 0 atom stereocenters. The van der Waals surface area contributed by atoms with Crippen LogP contribution >= 0.6 is 0 Å². The Bertz CT molecular complexity index is 6990. The van der Waals surface area contributed by atoms with Crippen LogP contribution in [0.25, 0.3) is 176 Å². The number of aromatic nitrogens is 4. The van der Waals surface area contributed by atoms with Crippen LogP contribution in [0.15, 0.2) is 300 Å². The number of nitriles is 4. The molecule has 0 saturated heterocycles. The summed E-state index contributed by atoms with van der Waals surface area (Å²) in [5.74, 6) is 0. The Labute approximate surface area is 558 Å². The Kier molecular flexibility index (Phi) is 12.3. The van der Waals surface area contributed by atoms with Gasteiger partial charge >= 0.3 is 0 Å². The molecule has 14 aromatic carbocycles. The quantitative estimate of drug-likeness (QED) is 0.162. The molecule has 0 saturated carbocycles. The second-order valence-electron chi connectivity index (χ2n) is 24.7. The van der Waals surface area contributed by atoms with Crippen LogP contribution in [0, 0.1) is 45.3 Å². The fourth-order valence-electron chi connectivity index (χ4n) is 15.4. The van der Waals surface area contributed by atoms with Crippen molar-refractivity contribution in [1.82, 2.24) is 18.3 Å². The minimum Gasteiger partial charge on any atom is -0.455 e. The van der Waals surface area contributed by atoms with E-state index in [0.717, 1.165) is 176 Å². The maximum atomic E-state index is 10.5. The number of para-hydroxylation sites is 9. The molecule has 6 heterocycles. The zero-order valence-electron chi connectivity index (χ0n) is 52.1. The summed E-state index contributed by atoms with van der Waals surface area (Å²) >= 11 is 0. The van der Waals surface area contributed by atoms with Crippen molar-refractivity contribution >= 4 is 131 Å². The van der Waals surface area contributed by atoms with Gasteiger partial charge in [-0.2, -0.15) is 21.0 Å². The summed E-state index contributed by atoms with van der Waals surface area (Å²) in [6, 6.07) is 108. The molecule has 0 unspecified atom stereocenters. The molecule has 10 heteroatoms. The summed E-state index contributed by atoms with van der Waals surface area (Å²) in [5, 5.41) is 52.5. The van der Waals surface area contributed by atoms with Crippen LogP contribution in [-0.4, -0.2) is 18.3 Å². The molecule has 0 amide bonds. The third-order valence-corrected chi connectivity index (χ3v) is 19.6. The molecule has 0 aliphatic heterocycles. The lowest BCUT2D eigenvalue weighted by Crippen LogP contribution is -2.01. The molecule has 0 aliphatic rings. The highest BCUT2D eigenvalue weighted by atomic mass is 16.3. The number of hydrogen-bond acceptors (Lipinski definition) is 6. The Morgan fingerprint density at radius 2 is 0.612 bits per heavy atom. The topological polar surface area (TPSA) is 141 Å². The number of fused-ring (bicyclic) bond motifs is 20. The van der Waals surface area contributed by atoms with Gasteiger partial charge in [0.2, 0.25) is 0 Å². The van der Waals surface area contributed by atoms with Crippen LogP contribution in [0.2, 0.25) is 0 Å². The van der Waals surface area contributed by atoms with Gasteiger partial charge in [-0.15, -0.1) is 0 Å². The predicted octanol–water partition coefficient (Wildman–Crippen LogP) is 22.4. The van der Waals surface area contributed by atoms with E-state index in [1.807, 2.05) is 103 Å². The van der Waals surface area contributed by atoms with Crippen molar-refractivity contribution in [1.29, 1.82) is 21.0 Å². The van der Waals surface area contributed by atoms with Crippen LogP contribution in [0.5, 0.6) is 0 Å². The van der Waals surface area contributed by atoms with E-state index in [0.29, 0.717) is 22.3 Å². The first-order chi connectivity index (χ1) is 48.5. The lowest BCUT2D eigenvalue weighted by Gasteiger charge is -2.16. The minimum atomic E-state index is 0.547. The summed E-state index contributed by atoms with van der Waals surface area (Å²) < 4.78 is 23.0. The van der Waals surface area contributed by atoms with Crippen LogP contribution in [0.3, 0.4) is 0 Å². The summed E-state index contributed by atoms with van der Waals surface area (Å²) in [6.07, 6.45) is 0. The molecule has 10 nitrogen and oxygen atoms in total. The Morgan fingerprint density at radius 1 is 0.235 bits per heavy atom. The van der Waals surface area contributed by atoms with E-state index >= 15 is 0 Å². The van der Waals surface area contributed by atoms with Gasteiger partial charge in [-0.25, -0.2) is 0 Å². The molecule has 0 fully saturated rings. The maximum absolute atomic E-state index is 10.5. The largest absolute Gasteiger partial charge is 0.455 e. The molecule has 0 N–H and O–H groups in total. The van der Waals surface area contributed by atoms with Crippen molar-refractivity contribution in [2.45, 2.75) is 0 Å². The fraction of sp³-hybridized carbons (Fsp3) is 0. The second-order valence-corrected chi connectivity index (χ2v) is 24.7. The first-order valence-electron chi connectivity index (χ1n) is 32.3. The van der Waals surface area contributed by atoms with E-state index < -0.39 is 0 Å². The molecule has 20 aromatic rings. The highest BCUT2D eigenvalue weighted by molar-refractivity contribution is 6.27. The Hall–Kier alpha value is -14.2. The van der Waals surface area contributed by atoms with Crippen molar-refractivity contribution < 1.29 is 8.83 Å². The summed E-state index contributed by atoms with van der Waals surface area (Å²) in [5.41, 5.74) is 21.3. The standard InChI is InChI=1S/2C44H24N4O/c45-25-27-20-22-39-36(24-27)30-13-4-6-18-37(30)48(39)42-28(26-46)10-8-15-31(42)32-16-9-17-33-34-21-23-40-41(44(34)49-43(32)33)35-14-5-7-19-38(35)47(40)29-11-2-1-3-12-29;45-25-27-18-21-39-36(23-27)30-11-4-6-15-37(30)48(39)41-24-28(26-46)17-19-31(41)32-13-8-14-33-34-20-22-40-42(44(34)49-43(32)33)35-12-5-7-16-38(35)47(40)29-9-2-1-3-10-29/h2*1-24H. The van der Waals surface area contributed by atoms with Crippen LogP contribution < -0.4 is 0 Å². The normalized spacial score (nSPS) is 11.6. The Balaban J connectivity index is 0.000000137. The molecule has 6 aromatic heterocycles. The maximum Gasteiger partial charge on any atom is 0.145 e. The highest BCUT2D eigenvalue weighted by Crippen LogP contribution is 2.48. The lowest BCUT2D eigenvalue weighted by molar-refractivity contribution is 0.673. The van der Waals surface area contributed by atoms with E-state index in [1.165, 1.54) is 0 Å². The number of hydrogen-bond donors (Lipinski definition) is 0. The lowest BCUT2D eigenvalue weighted by atomic mass is 9.97. The first kappa shape index (κ1) is 55.5. The highest BCUT2D eigenvalue weighted by Gasteiger charge is 2.27. The monoisotopic (exact) mass is 1250 g/mol. The van der Waals surface area contributed by atoms with Gasteiger partial charge in [-0.1, -0.05) is 164 Å². The third-order valence-electron chi connectivity index (χ3n) is 19.6. The average molecular weight is 1250 g/mol. The van der Waals surface area contributed by atoms with Crippen LogP contribution in [0.1, 0.15) is 22.3 Å². The van der Waals surface area contributed by atoms with Crippen LogP contribution in [-0.2, 0) is 0 Å². The molecule has 452 valence electrons. The molecular weight excluding hydrogens is 1200 g/mol. The van der Waals surface area contributed by atoms with Crippen molar-refractivity contribution in [2.75, 3.05) is 0 Å². The average Bonchev–Trinajstić information content (AvgIpc) is 1.56. The van der Waals surface area contributed by atoms with Gasteiger partial charge in [0, 0.05) is 87.5 Å². The number of benzene rings is 14. The molecule has 0 aliphatic carbocycles. The van der Waals surface area contributed by atoms with Gasteiger partial charge in [0.25, 0.3) is 0 Å². The zero-order chi connectivity index (χ0) is 65.3. The van der Waals surface area contributed by atoms with Crippen molar-refractivity contribution in [2.24, 2.45) is 0 Å².